The summed E-state index contributed by atoms with van der Waals surface area (Å²) in [4.78, 5) is 24.2. The second-order valence-electron chi connectivity index (χ2n) is 7.58. The number of nitro groups is 1. The Morgan fingerprint density at radius 2 is 1.82 bits per heavy atom. The van der Waals surface area contributed by atoms with Gasteiger partial charge in [-0.05, 0) is 48.9 Å². The Bertz CT molecular complexity index is 1410. The normalized spacial score (nSPS) is 10.6. The molecule has 0 aliphatic heterocycles. The van der Waals surface area contributed by atoms with Crippen LogP contribution in [0, 0.1) is 27.8 Å². The largest absolute Gasteiger partial charge is 0.460 e. The maximum absolute atomic E-state index is 13.8. The van der Waals surface area contributed by atoms with E-state index < -0.39 is 10.7 Å². The number of nitro benzene ring substituents is 1. The van der Waals surface area contributed by atoms with Crippen LogP contribution in [-0.2, 0) is 6.42 Å². The molecule has 164 valence electrons. The molecule has 6 heteroatoms. The van der Waals surface area contributed by atoms with Crippen molar-refractivity contribution in [1.82, 2.24) is 0 Å². The first kappa shape index (κ1) is 22.0. The fourth-order valence-electron chi connectivity index (χ4n) is 3.56. The van der Waals surface area contributed by atoms with Crippen molar-refractivity contribution < 1.29 is 18.5 Å². The second kappa shape index (κ2) is 9.49. The smallest absolute Gasteiger partial charge is 0.270 e. The topological polar surface area (TPSA) is 73.3 Å². The average molecular weight is 441 g/mol. The van der Waals surface area contributed by atoms with Crippen molar-refractivity contribution in [3.8, 4) is 11.8 Å². The molecule has 3 aromatic carbocycles. The first-order chi connectivity index (χ1) is 16.0. The zero-order valence-electron chi connectivity index (χ0n) is 17.9. The molecule has 4 aromatic rings. The number of carbonyl (C=O) groups is 1. The van der Waals surface area contributed by atoms with Crippen molar-refractivity contribution >= 4 is 22.4 Å². The van der Waals surface area contributed by atoms with Gasteiger partial charge in [0.25, 0.3) is 5.69 Å². The lowest BCUT2D eigenvalue weighted by Crippen LogP contribution is -2.04. The van der Waals surface area contributed by atoms with Gasteiger partial charge in [-0.15, -0.1) is 0 Å². The van der Waals surface area contributed by atoms with Crippen LogP contribution in [0.5, 0.6) is 0 Å². The van der Waals surface area contributed by atoms with Crippen molar-refractivity contribution in [1.29, 1.82) is 0 Å². The number of unbranched alkanes of at least 4 members (excludes halogenated alkanes) is 1. The molecule has 4 rings (SSSR count). The summed E-state index contributed by atoms with van der Waals surface area (Å²) < 4.78 is 19.7. The molecule has 33 heavy (non-hydrogen) atoms. The Kier molecular flexibility index (Phi) is 6.32. The molecule has 0 spiro atoms. The highest BCUT2D eigenvalue weighted by atomic mass is 19.1. The summed E-state index contributed by atoms with van der Waals surface area (Å²) in [5, 5.41) is 11.7. The van der Waals surface area contributed by atoms with E-state index >= 15 is 0 Å². The summed E-state index contributed by atoms with van der Waals surface area (Å²) >= 11 is 0. The maximum atomic E-state index is 13.8. The molecular weight excluding hydrogens is 421 g/mol. The Labute approximate surface area is 190 Å². The van der Waals surface area contributed by atoms with E-state index in [1.54, 1.807) is 42.5 Å². The van der Waals surface area contributed by atoms with Crippen LogP contribution in [0.25, 0.3) is 11.0 Å². The van der Waals surface area contributed by atoms with Crippen molar-refractivity contribution in [3.63, 3.8) is 0 Å². The van der Waals surface area contributed by atoms with Crippen LogP contribution < -0.4 is 0 Å². The first-order valence-corrected chi connectivity index (χ1v) is 10.6. The van der Waals surface area contributed by atoms with Gasteiger partial charge in [-0.25, -0.2) is 4.39 Å². The summed E-state index contributed by atoms with van der Waals surface area (Å²) in [5.74, 6) is 5.55. The summed E-state index contributed by atoms with van der Waals surface area (Å²) in [6.45, 7) is 2.04. The molecule has 0 aliphatic rings. The van der Waals surface area contributed by atoms with E-state index in [9.17, 15) is 19.3 Å². The highest BCUT2D eigenvalue weighted by molar-refractivity contribution is 6.17. The third kappa shape index (κ3) is 4.68. The third-order valence-electron chi connectivity index (χ3n) is 5.30. The van der Waals surface area contributed by atoms with Crippen LogP contribution in [0.1, 0.15) is 52.6 Å². The SMILES string of the molecule is CCCCc1oc2ccc([N+](=O)[O-])cc2c1C(=O)c1ccc(C#Cc2ccccc2F)cc1. The summed E-state index contributed by atoms with van der Waals surface area (Å²) in [5.41, 5.74) is 2.05. The highest BCUT2D eigenvalue weighted by Gasteiger charge is 2.23. The number of ketones is 1. The number of hydrogen-bond acceptors (Lipinski definition) is 4. The monoisotopic (exact) mass is 441 g/mol. The van der Waals surface area contributed by atoms with E-state index in [0.29, 0.717) is 45.4 Å². The van der Waals surface area contributed by atoms with Gasteiger partial charge in [0.15, 0.2) is 5.78 Å². The number of halogens is 1. The fraction of sp³-hybridized carbons (Fsp3) is 0.148. The molecule has 1 aromatic heterocycles. The number of carbonyl (C=O) groups excluding carboxylic acids is 1. The highest BCUT2D eigenvalue weighted by Crippen LogP contribution is 2.32. The van der Waals surface area contributed by atoms with Crippen LogP contribution in [-0.4, -0.2) is 10.7 Å². The summed E-state index contributed by atoms with van der Waals surface area (Å²) in [7, 11) is 0. The molecule has 5 nitrogen and oxygen atoms in total. The molecule has 0 fully saturated rings. The molecular formula is C27H20FNO4. The van der Waals surface area contributed by atoms with Crippen molar-refractivity contribution in [2.45, 2.75) is 26.2 Å². The van der Waals surface area contributed by atoms with E-state index in [-0.39, 0.29) is 11.5 Å². The van der Waals surface area contributed by atoms with E-state index in [4.69, 9.17) is 4.42 Å². The van der Waals surface area contributed by atoms with Gasteiger partial charge in [-0.3, -0.25) is 14.9 Å². The van der Waals surface area contributed by atoms with Gasteiger partial charge in [0.05, 0.1) is 16.1 Å². The molecule has 0 saturated heterocycles. The van der Waals surface area contributed by atoms with Gasteiger partial charge < -0.3 is 4.42 Å². The number of rotatable bonds is 6. The number of non-ortho nitro benzene ring substituents is 1. The van der Waals surface area contributed by atoms with Crippen LogP contribution in [0.4, 0.5) is 10.1 Å². The zero-order valence-corrected chi connectivity index (χ0v) is 17.9. The predicted octanol–water partition coefficient (Wildman–Crippen LogP) is 6.45. The molecule has 0 aliphatic carbocycles. The second-order valence-corrected chi connectivity index (χ2v) is 7.58. The Hall–Kier alpha value is -4.24. The minimum absolute atomic E-state index is 0.0989. The van der Waals surface area contributed by atoms with Gasteiger partial charge in [-0.2, -0.15) is 0 Å². The lowest BCUT2D eigenvalue weighted by Gasteiger charge is -2.03. The van der Waals surface area contributed by atoms with Gasteiger partial charge in [0, 0.05) is 35.1 Å². The van der Waals surface area contributed by atoms with Crippen molar-refractivity contribution in [3.05, 3.63) is 111 Å². The zero-order chi connectivity index (χ0) is 23.4. The lowest BCUT2D eigenvalue weighted by atomic mass is 9.97. The summed E-state index contributed by atoms with van der Waals surface area (Å²) in [6.07, 6.45) is 2.30. The maximum Gasteiger partial charge on any atom is 0.270 e. The van der Waals surface area contributed by atoms with Gasteiger partial charge in [-0.1, -0.05) is 37.3 Å². The molecule has 1 heterocycles. The van der Waals surface area contributed by atoms with Crippen LogP contribution in [0.2, 0.25) is 0 Å². The predicted molar refractivity (Wildman–Crippen MR) is 124 cm³/mol. The number of furan rings is 1. The van der Waals surface area contributed by atoms with Gasteiger partial charge >= 0.3 is 0 Å². The lowest BCUT2D eigenvalue weighted by molar-refractivity contribution is -0.384. The standard InChI is InChI=1S/C27H20FNO4/c1-2-3-8-25-26(22-17-21(29(31)32)15-16-24(22)33-25)27(30)20-13-10-18(11-14-20)9-12-19-6-4-5-7-23(19)28/h4-7,10-11,13-17H,2-3,8H2,1H3. The van der Waals surface area contributed by atoms with E-state index in [1.165, 1.54) is 24.3 Å². The van der Waals surface area contributed by atoms with Crippen molar-refractivity contribution in [2.75, 3.05) is 0 Å². The summed E-state index contributed by atoms with van der Waals surface area (Å²) in [6, 6.07) is 17.2. The van der Waals surface area contributed by atoms with E-state index in [2.05, 4.69) is 11.8 Å². The first-order valence-electron chi connectivity index (χ1n) is 10.6. The molecule has 0 saturated carbocycles. The number of benzene rings is 3. The molecule has 0 bridgehead atoms. The quantitative estimate of drug-likeness (QED) is 0.149. The number of hydrogen-bond donors (Lipinski definition) is 0. The Morgan fingerprint density at radius 1 is 1.06 bits per heavy atom. The van der Waals surface area contributed by atoms with Crippen molar-refractivity contribution in [2.24, 2.45) is 0 Å². The third-order valence-corrected chi connectivity index (χ3v) is 5.30. The molecule has 0 N–H and O–H groups in total. The number of aryl methyl sites for hydroxylation is 1. The molecule has 0 radical (unpaired) electrons. The van der Waals surface area contributed by atoms with E-state index in [0.717, 1.165) is 12.8 Å². The fourth-order valence-corrected chi connectivity index (χ4v) is 3.56. The number of nitrogens with zero attached hydrogens (tertiary/aromatic N) is 1. The Balaban J connectivity index is 1.70. The van der Waals surface area contributed by atoms with Crippen LogP contribution in [0.3, 0.4) is 0 Å². The Morgan fingerprint density at radius 3 is 2.52 bits per heavy atom. The van der Waals surface area contributed by atoms with Crippen LogP contribution in [0.15, 0.2) is 71.1 Å². The molecule has 0 unspecified atom stereocenters. The average Bonchev–Trinajstić information content (AvgIpc) is 3.19. The minimum Gasteiger partial charge on any atom is -0.460 e. The van der Waals surface area contributed by atoms with Gasteiger partial charge in [0.2, 0.25) is 0 Å². The van der Waals surface area contributed by atoms with Gasteiger partial charge in [0.1, 0.15) is 17.2 Å². The van der Waals surface area contributed by atoms with E-state index in [1.807, 2.05) is 6.92 Å². The van der Waals surface area contributed by atoms with Crippen LogP contribution >= 0.6 is 0 Å². The molecule has 0 atom stereocenters. The minimum atomic E-state index is -0.491. The number of fused-ring (bicyclic) bond motifs is 1. The molecule has 0 amide bonds.